The first-order chi connectivity index (χ1) is 9.13. The van der Waals surface area contributed by atoms with Crippen molar-refractivity contribution in [2.75, 3.05) is 11.9 Å². The van der Waals surface area contributed by atoms with Gasteiger partial charge in [-0.3, -0.25) is 0 Å². The van der Waals surface area contributed by atoms with E-state index < -0.39 is 24.1 Å². The molecule has 0 aromatic heterocycles. The lowest BCUT2D eigenvalue weighted by Crippen LogP contribution is -2.47. The molecular weight excluding hydrogens is 375 g/mol. The number of carbonyl (C=O) groups excluding carboxylic acids is 1. The van der Waals surface area contributed by atoms with Crippen molar-refractivity contribution >= 4 is 56.8 Å². The number of benzene rings is 1. The summed E-state index contributed by atoms with van der Waals surface area (Å²) in [5, 5.41) is 23.2. The molecule has 9 heteroatoms. The first-order valence-electron chi connectivity index (χ1n) is 5.28. The Hall–Kier alpha value is -1.02. The summed E-state index contributed by atoms with van der Waals surface area (Å²) in [6.45, 7) is 0.592. The lowest BCUT2D eigenvalue weighted by molar-refractivity contribution is -0.155. The maximum absolute atomic E-state index is 11.6. The van der Waals surface area contributed by atoms with Crippen LogP contribution in [0.2, 0.25) is 10.0 Å². The second-order valence-corrected chi connectivity index (χ2v) is 5.86. The second-order valence-electron chi connectivity index (χ2n) is 4.13. The van der Waals surface area contributed by atoms with E-state index in [9.17, 15) is 14.7 Å². The predicted molar refractivity (Wildman–Crippen MR) is 79.4 cm³/mol. The average molecular weight is 386 g/mol. The van der Waals surface area contributed by atoms with E-state index in [-0.39, 0.29) is 15.7 Å². The monoisotopic (exact) mass is 384 g/mol. The van der Waals surface area contributed by atoms with E-state index in [1.807, 2.05) is 0 Å². The summed E-state index contributed by atoms with van der Waals surface area (Å²) < 4.78 is 0.646. The zero-order valence-electron chi connectivity index (χ0n) is 10.2. The summed E-state index contributed by atoms with van der Waals surface area (Å²) in [6.07, 6.45) is 0. The number of carboxylic acids is 1. The van der Waals surface area contributed by atoms with Gasteiger partial charge in [-0.1, -0.05) is 39.1 Å². The highest BCUT2D eigenvalue weighted by atomic mass is 79.9. The largest absolute Gasteiger partial charge is 0.479 e. The molecule has 1 rings (SSSR count). The number of nitrogens with one attached hydrogen (secondary N) is 2. The third kappa shape index (κ3) is 4.52. The van der Waals surface area contributed by atoms with Crippen molar-refractivity contribution in [3.8, 4) is 0 Å². The van der Waals surface area contributed by atoms with Crippen molar-refractivity contribution in [3.63, 3.8) is 0 Å². The Labute approximate surface area is 133 Å². The Balaban J connectivity index is 2.71. The van der Waals surface area contributed by atoms with Crippen LogP contribution in [0.25, 0.3) is 0 Å². The number of carboxylic acid groups (broad SMARTS) is 1. The number of anilines is 1. The van der Waals surface area contributed by atoms with Crippen LogP contribution in [0.15, 0.2) is 16.6 Å². The molecule has 0 heterocycles. The number of hydrogen-bond acceptors (Lipinski definition) is 3. The molecule has 1 aromatic carbocycles. The summed E-state index contributed by atoms with van der Waals surface area (Å²) in [5.74, 6) is -1.45. The fraction of sp³-hybridized carbons (Fsp3) is 0.273. The number of urea groups is 1. The molecule has 0 spiro atoms. The van der Waals surface area contributed by atoms with Crippen molar-refractivity contribution in [3.05, 3.63) is 26.7 Å². The van der Waals surface area contributed by atoms with Gasteiger partial charge < -0.3 is 20.8 Å². The van der Waals surface area contributed by atoms with Gasteiger partial charge in [0.2, 0.25) is 0 Å². The maximum Gasteiger partial charge on any atom is 0.337 e. The molecular formula is C11H11BrCl2N2O4. The van der Waals surface area contributed by atoms with Gasteiger partial charge in [-0.15, -0.1) is 0 Å². The summed E-state index contributed by atoms with van der Waals surface area (Å²) in [7, 11) is 0. The van der Waals surface area contributed by atoms with Crippen LogP contribution in [0.3, 0.4) is 0 Å². The van der Waals surface area contributed by atoms with E-state index in [4.69, 9.17) is 28.3 Å². The number of amides is 2. The highest BCUT2D eigenvalue weighted by molar-refractivity contribution is 9.10. The second kappa shape index (κ2) is 6.62. The van der Waals surface area contributed by atoms with Crippen molar-refractivity contribution in [2.45, 2.75) is 12.5 Å². The van der Waals surface area contributed by atoms with Crippen molar-refractivity contribution < 1.29 is 19.8 Å². The molecule has 1 unspecified atom stereocenters. The van der Waals surface area contributed by atoms with Crippen molar-refractivity contribution in [2.24, 2.45) is 0 Å². The van der Waals surface area contributed by atoms with E-state index in [1.54, 1.807) is 0 Å². The van der Waals surface area contributed by atoms with Gasteiger partial charge in [-0.05, 0) is 19.1 Å². The number of aliphatic hydroxyl groups is 1. The van der Waals surface area contributed by atoms with Gasteiger partial charge in [0.15, 0.2) is 5.60 Å². The van der Waals surface area contributed by atoms with Gasteiger partial charge in [0.1, 0.15) is 0 Å². The molecule has 0 fully saturated rings. The molecule has 1 atom stereocenters. The highest BCUT2D eigenvalue weighted by Gasteiger charge is 2.30. The number of rotatable bonds is 4. The molecule has 0 aliphatic carbocycles. The summed E-state index contributed by atoms with van der Waals surface area (Å²) >= 11 is 15.0. The maximum atomic E-state index is 11.6. The lowest BCUT2D eigenvalue weighted by Gasteiger charge is -2.19. The number of aliphatic carboxylic acids is 1. The van der Waals surface area contributed by atoms with E-state index in [2.05, 4.69) is 26.6 Å². The average Bonchev–Trinajstić information content (AvgIpc) is 2.31. The van der Waals surface area contributed by atoms with Crippen LogP contribution >= 0.6 is 39.1 Å². The standard InChI is InChI=1S/C11H11BrCl2N2O4/c1-11(20,9(17)18)4-15-10(19)16-8-6(13)2-5(12)3-7(8)14/h2-3,20H,4H2,1H3,(H,17,18)(H2,15,16,19). The minimum Gasteiger partial charge on any atom is -0.479 e. The van der Waals surface area contributed by atoms with Gasteiger partial charge in [-0.25, -0.2) is 9.59 Å². The fourth-order valence-corrected chi connectivity index (χ4v) is 2.45. The van der Waals surface area contributed by atoms with Crippen LogP contribution in [0, 0.1) is 0 Å². The Kier molecular flexibility index (Phi) is 5.64. The van der Waals surface area contributed by atoms with E-state index >= 15 is 0 Å². The molecule has 110 valence electrons. The summed E-state index contributed by atoms with van der Waals surface area (Å²) in [5.41, 5.74) is -1.88. The fourth-order valence-electron chi connectivity index (χ4n) is 1.15. The Morgan fingerprint density at radius 3 is 2.30 bits per heavy atom. The predicted octanol–water partition coefficient (Wildman–Crippen LogP) is 2.71. The van der Waals surface area contributed by atoms with Crippen LogP contribution in [-0.2, 0) is 4.79 Å². The zero-order chi connectivity index (χ0) is 15.5. The first-order valence-corrected chi connectivity index (χ1v) is 6.83. The third-order valence-electron chi connectivity index (χ3n) is 2.30. The quantitative estimate of drug-likeness (QED) is 0.640. The van der Waals surface area contributed by atoms with Gasteiger partial charge >= 0.3 is 12.0 Å². The molecule has 4 N–H and O–H groups in total. The van der Waals surface area contributed by atoms with Gasteiger partial charge in [0.25, 0.3) is 0 Å². The van der Waals surface area contributed by atoms with Crippen molar-refractivity contribution in [1.29, 1.82) is 0 Å². The summed E-state index contributed by atoms with van der Waals surface area (Å²) in [6, 6.07) is 2.34. The number of hydrogen-bond donors (Lipinski definition) is 4. The number of carbonyl (C=O) groups is 2. The van der Waals surface area contributed by atoms with Crippen LogP contribution in [0.4, 0.5) is 10.5 Å². The van der Waals surface area contributed by atoms with Gasteiger partial charge in [0.05, 0.1) is 22.3 Å². The topological polar surface area (TPSA) is 98.7 Å². The summed E-state index contributed by atoms with van der Waals surface area (Å²) in [4.78, 5) is 22.3. The smallest absolute Gasteiger partial charge is 0.337 e. The highest BCUT2D eigenvalue weighted by Crippen LogP contribution is 2.33. The number of halogens is 3. The van der Waals surface area contributed by atoms with Crippen LogP contribution in [0.5, 0.6) is 0 Å². The third-order valence-corrected chi connectivity index (χ3v) is 3.35. The molecule has 2 amide bonds. The Bertz CT molecular complexity index is 528. The molecule has 0 saturated carbocycles. The SMILES string of the molecule is CC(O)(CNC(=O)Nc1c(Cl)cc(Br)cc1Cl)C(=O)O. The van der Waals surface area contributed by atoms with Crippen LogP contribution in [-0.4, -0.2) is 34.4 Å². The van der Waals surface area contributed by atoms with Crippen molar-refractivity contribution in [1.82, 2.24) is 5.32 Å². The van der Waals surface area contributed by atoms with Crippen LogP contribution < -0.4 is 10.6 Å². The van der Waals surface area contributed by atoms with Crippen LogP contribution in [0.1, 0.15) is 6.92 Å². The van der Waals surface area contributed by atoms with E-state index in [1.165, 1.54) is 12.1 Å². The van der Waals surface area contributed by atoms with E-state index in [0.29, 0.717) is 4.47 Å². The normalized spacial score (nSPS) is 13.4. The molecule has 6 nitrogen and oxygen atoms in total. The minimum atomic E-state index is -2.06. The minimum absolute atomic E-state index is 0.184. The van der Waals surface area contributed by atoms with E-state index in [0.717, 1.165) is 6.92 Å². The Morgan fingerprint density at radius 1 is 1.35 bits per heavy atom. The molecule has 20 heavy (non-hydrogen) atoms. The molecule has 1 aromatic rings. The molecule has 0 saturated heterocycles. The first kappa shape index (κ1) is 17.0. The lowest BCUT2D eigenvalue weighted by atomic mass is 10.1. The molecule has 0 radical (unpaired) electrons. The zero-order valence-corrected chi connectivity index (χ0v) is 13.3. The molecule has 0 aliphatic heterocycles. The molecule has 0 bridgehead atoms. The molecule has 0 aliphatic rings. The Morgan fingerprint density at radius 2 is 1.85 bits per heavy atom. The van der Waals surface area contributed by atoms with Gasteiger partial charge in [-0.2, -0.15) is 0 Å². The van der Waals surface area contributed by atoms with Gasteiger partial charge in [0, 0.05) is 4.47 Å².